The number of aryl methyl sites for hydroxylation is 1. The van der Waals surface area contributed by atoms with E-state index in [1.165, 1.54) is 0 Å². The molecule has 1 fully saturated rings. The third kappa shape index (κ3) is 8.93. The van der Waals surface area contributed by atoms with E-state index in [9.17, 15) is 4.79 Å². The first-order valence-corrected chi connectivity index (χ1v) is 22.6. The molecule has 9 heteroatoms. The van der Waals surface area contributed by atoms with Gasteiger partial charge >= 0.3 is 0 Å². The van der Waals surface area contributed by atoms with E-state index in [4.69, 9.17) is 24.4 Å². The number of benzene rings is 3. The number of hydrogen-bond acceptors (Lipinski definition) is 6. The Morgan fingerprint density at radius 1 is 0.907 bits per heavy atom. The van der Waals surface area contributed by atoms with Gasteiger partial charge in [-0.15, -0.1) is 0 Å². The lowest BCUT2D eigenvalue weighted by atomic mass is 10.0. The van der Waals surface area contributed by atoms with Crippen molar-refractivity contribution in [3.05, 3.63) is 150 Å². The summed E-state index contributed by atoms with van der Waals surface area (Å²) >= 11 is 0. The van der Waals surface area contributed by atoms with Gasteiger partial charge in [-0.25, -0.2) is 9.98 Å². The van der Waals surface area contributed by atoms with Crippen LogP contribution in [0.3, 0.4) is 0 Å². The normalized spacial score (nSPS) is 14.6. The molecule has 8 nitrogen and oxygen atoms in total. The van der Waals surface area contributed by atoms with E-state index < -0.39 is 8.07 Å². The van der Waals surface area contributed by atoms with Crippen molar-refractivity contribution in [2.45, 2.75) is 64.8 Å². The van der Waals surface area contributed by atoms with Crippen LogP contribution in [0.4, 0.5) is 5.82 Å². The summed E-state index contributed by atoms with van der Waals surface area (Å²) in [5.74, 6) is 0.518. The summed E-state index contributed by atoms with van der Waals surface area (Å²) in [5, 5.41) is 0. The van der Waals surface area contributed by atoms with Crippen LogP contribution in [0.5, 0.6) is 0 Å². The zero-order valence-corrected chi connectivity index (χ0v) is 32.7. The van der Waals surface area contributed by atoms with Gasteiger partial charge in [0.05, 0.1) is 41.6 Å². The molecule has 0 spiro atoms. The number of ether oxygens (including phenoxy) is 2. The molecule has 0 aliphatic carbocycles. The highest BCUT2D eigenvalue weighted by molar-refractivity contribution is 6.76. The Hall–Kier alpha value is -5.22. The van der Waals surface area contributed by atoms with Gasteiger partial charge in [-0.2, -0.15) is 0 Å². The van der Waals surface area contributed by atoms with Gasteiger partial charge in [0.15, 0.2) is 5.82 Å². The van der Waals surface area contributed by atoms with Gasteiger partial charge in [0.1, 0.15) is 12.4 Å². The van der Waals surface area contributed by atoms with Crippen molar-refractivity contribution in [2.75, 3.05) is 19.8 Å². The maximum Gasteiger partial charge on any atom is 0.271 e. The highest BCUT2D eigenvalue weighted by Crippen LogP contribution is 2.30. The van der Waals surface area contributed by atoms with Crippen molar-refractivity contribution >= 4 is 36.5 Å². The van der Waals surface area contributed by atoms with Crippen LogP contribution in [0.2, 0.25) is 25.7 Å². The van der Waals surface area contributed by atoms with E-state index in [1.54, 1.807) is 0 Å². The first kappa shape index (κ1) is 37.1. The molecule has 0 radical (unpaired) electrons. The third-order valence-electron chi connectivity index (χ3n) is 9.90. The number of aliphatic imine (C=N–C) groups is 1. The summed E-state index contributed by atoms with van der Waals surface area (Å²) in [7, 11) is -1.32. The van der Waals surface area contributed by atoms with Crippen LogP contribution < -0.4 is 0 Å². The monoisotopic (exact) mass is 735 g/mol. The van der Waals surface area contributed by atoms with Crippen LogP contribution in [0.25, 0.3) is 22.2 Å². The van der Waals surface area contributed by atoms with Gasteiger partial charge in [-0.05, 0) is 55.1 Å². The standard InChI is InChI=1S/C45H49N5O3Si/c1-33-27-41-40(47-44(33)48-43(35-17-10-6-11-18-35)36-19-12-7-13-20-36)28-42(50(41)32-53-25-26-54(2,3)4)45(51)49(39-21-14-24-52-31-39)30-38-23-22-37(29-46-38)34-15-8-5-9-16-34/h5-13,15-20,22-23,27-29,39H,14,21,24-26,30-32H2,1-4H3. The summed E-state index contributed by atoms with van der Waals surface area (Å²) in [6.07, 6.45) is 3.64. The molecular weight excluding hydrogens is 687 g/mol. The molecule has 0 bridgehead atoms. The highest BCUT2D eigenvalue weighted by Gasteiger charge is 2.30. The Kier molecular flexibility index (Phi) is 11.6. The second-order valence-electron chi connectivity index (χ2n) is 15.2. The Bertz CT molecular complexity index is 2150. The summed E-state index contributed by atoms with van der Waals surface area (Å²) in [6, 6.07) is 39.6. The lowest BCUT2D eigenvalue weighted by Crippen LogP contribution is -2.45. The average molecular weight is 736 g/mol. The number of hydrogen-bond donors (Lipinski definition) is 0. The fraction of sp³-hybridized carbons (Fsp3) is 0.289. The smallest absolute Gasteiger partial charge is 0.271 e. The molecule has 1 atom stereocenters. The minimum absolute atomic E-state index is 0.0877. The van der Waals surface area contributed by atoms with Gasteiger partial charge in [0.25, 0.3) is 5.91 Å². The molecule has 3 aromatic carbocycles. The van der Waals surface area contributed by atoms with Crippen LogP contribution in [0, 0.1) is 6.92 Å². The van der Waals surface area contributed by atoms with Crippen molar-refractivity contribution in [2.24, 2.45) is 4.99 Å². The number of amides is 1. The van der Waals surface area contributed by atoms with E-state index in [0.29, 0.717) is 43.4 Å². The lowest BCUT2D eigenvalue weighted by molar-refractivity contribution is 0.0126. The molecule has 1 unspecified atom stereocenters. The summed E-state index contributed by atoms with van der Waals surface area (Å²) in [5.41, 5.74) is 8.79. The third-order valence-corrected chi connectivity index (χ3v) is 11.6. The second-order valence-corrected chi connectivity index (χ2v) is 20.9. The van der Waals surface area contributed by atoms with Crippen molar-refractivity contribution in [1.82, 2.24) is 19.4 Å². The molecule has 6 aromatic rings. The Balaban J connectivity index is 1.28. The minimum atomic E-state index is -1.32. The molecular formula is C45H49N5O3Si. The molecule has 3 aromatic heterocycles. The molecule has 54 heavy (non-hydrogen) atoms. The molecule has 276 valence electrons. The number of rotatable bonds is 13. The number of carbonyl (C=O) groups is 1. The first-order chi connectivity index (χ1) is 26.2. The van der Waals surface area contributed by atoms with Gasteiger partial charge in [-0.3, -0.25) is 9.78 Å². The largest absolute Gasteiger partial charge is 0.379 e. The van der Waals surface area contributed by atoms with Crippen LogP contribution in [0.15, 0.2) is 126 Å². The van der Waals surface area contributed by atoms with E-state index in [-0.39, 0.29) is 18.7 Å². The van der Waals surface area contributed by atoms with Gasteiger partial charge in [-0.1, -0.05) is 117 Å². The molecule has 0 N–H and O–H groups in total. The second kappa shape index (κ2) is 16.8. The fourth-order valence-corrected chi connectivity index (χ4v) is 7.55. The zero-order valence-electron chi connectivity index (χ0n) is 31.7. The van der Waals surface area contributed by atoms with Crippen LogP contribution in [-0.4, -0.2) is 65.0 Å². The minimum Gasteiger partial charge on any atom is -0.379 e. The Labute approximate surface area is 319 Å². The van der Waals surface area contributed by atoms with Crippen molar-refractivity contribution in [3.8, 4) is 11.1 Å². The Morgan fingerprint density at radius 2 is 1.59 bits per heavy atom. The number of aromatic nitrogens is 3. The highest BCUT2D eigenvalue weighted by atomic mass is 28.3. The van der Waals surface area contributed by atoms with Crippen molar-refractivity contribution in [3.63, 3.8) is 0 Å². The quantitative estimate of drug-likeness (QED) is 0.0671. The van der Waals surface area contributed by atoms with Crippen molar-refractivity contribution in [1.29, 1.82) is 0 Å². The predicted molar refractivity (Wildman–Crippen MR) is 220 cm³/mol. The predicted octanol–water partition coefficient (Wildman–Crippen LogP) is 9.71. The van der Waals surface area contributed by atoms with E-state index in [0.717, 1.165) is 63.6 Å². The fourth-order valence-electron chi connectivity index (χ4n) is 6.80. The van der Waals surface area contributed by atoms with E-state index in [2.05, 4.69) is 68.2 Å². The maximum atomic E-state index is 15.0. The van der Waals surface area contributed by atoms with Crippen LogP contribution in [0.1, 0.15) is 45.7 Å². The van der Waals surface area contributed by atoms with Gasteiger partial charge < -0.3 is 18.9 Å². The first-order valence-electron chi connectivity index (χ1n) is 18.9. The Morgan fingerprint density at radius 3 is 2.20 bits per heavy atom. The number of pyridine rings is 2. The molecule has 0 saturated carbocycles. The van der Waals surface area contributed by atoms with Crippen molar-refractivity contribution < 1.29 is 14.3 Å². The van der Waals surface area contributed by atoms with Crippen LogP contribution in [-0.2, 0) is 22.7 Å². The van der Waals surface area contributed by atoms with Crippen LogP contribution >= 0.6 is 0 Å². The van der Waals surface area contributed by atoms with Gasteiger partial charge in [0, 0.05) is 44.2 Å². The molecule has 1 aliphatic rings. The molecule has 7 rings (SSSR count). The lowest BCUT2D eigenvalue weighted by Gasteiger charge is -2.34. The summed E-state index contributed by atoms with van der Waals surface area (Å²) < 4.78 is 14.3. The SMILES string of the molecule is Cc1cc2c(cc(C(=O)N(Cc3ccc(-c4ccccc4)cn3)C3CCCOC3)n2COCC[Si](C)(C)C)nc1N=C(c1ccccc1)c1ccccc1. The number of carbonyl (C=O) groups excluding carboxylic acids is 1. The molecule has 1 aliphatic heterocycles. The summed E-state index contributed by atoms with van der Waals surface area (Å²) in [4.78, 5) is 32.0. The topological polar surface area (TPSA) is 81.8 Å². The maximum absolute atomic E-state index is 15.0. The van der Waals surface area contributed by atoms with E-state index >= 15 is 0 Å². The van der Waals surface area contributed by atoms with Gasteiger partial charge in [0.2, 0.25) is 0 Å². The summed E-state index contributed by atoms with van der Waals surface area (Å²) in [6.45, 7) is 11.5. The van der Waals surface area contributed by atoms with E-state index in [1.807, 2.05) is 89.3 Å². The number of fused-ring (bicyclic) bond motifs is 1. The molecule has 4 heterocycles. The zero-order chi connectivity index (χ0) is 37.5. The number of nitrogens with zero attached hydrogens (tertiary/aromatic N) is 5. The molecule has 1 saturated heterocycles. The molecule has 1 amide bonds. The average Bonchev–Trinajstić information content (AvgIpc) is 3.55.